The molecule has 7 nitrogen and oxygen atoms in total. The first-order chi connectivity index (χ1) is 12.9. The number of nitrogens with zero attached hydrogens (tertiary/aromatic N) is 4. The number of hydrogen-bond donors (Lipinski definition) is 2. The zero-order chi connectivity index (χ0) is 19.4. The Morgan fingerprint density at radius 2 is 2.14 bits per heavy atom. The van der Waals surface area contributed by atoms with Gasteiger partial charge in [0.05, 0.1) is 23.5 Å². The summed E-state index contributed by atoms with van der Waals surface area (Å²) in [6.45, 7) is 1.62. The summed E-state index contributed by atoms with van der Waals surface area (Å²) in [6, 6.07) is 3.45. The largest absolute Gasteiger partial charge is 0.416 e. The van der Waals surface area contributed by atoms with Crippen LogP contribution < -0.4 is 10.6 Å². The third kappa shape index (κ3) is 5.43. The molecular weight excluding hydrogens is 397 g/mol. The summed E-state index contributed by atoms with van der Waals surface area (Å²) in [5.41, 5.74) is -0.474. The van der Waals surface area contributed by atoms with Gasteiger partial charge in [-0.2, -0.15) is 18.3 Å². The van der Waals surface area contributed by atoms with E-state index in [-0.39, 0.29) is 30.5 Å². The number of alkyl halides is 3. The van der Waals surface area contributed by atoms with Crippen molar-refractivity contribution in [3.05, 3.63) is 36.4 Å². The number of rotatable bonds is 5. The molecule has 0 radical (unpaired) electrons. The molecule has 1 amide bonds. The van der Waals surface area contributed by atoms with E-state index in [1.165, 1.54) is 23.4 Å². The number of aromatic nitrogens is 3. The van der Waals surface area contributed by atoms with Gasteiger partial charge in [-0.1, -0.05) is 0 Å². The minimum atomic E-state index is -4.51. The smallest absolute Gasteiger partial charge is 0.323 e. The van der Waals surface area contributed by atoms with Gasteiger partial charge >= 0.3 is 6.18 Å². The van der Waals surface area contributed by atoms with Crippen molar-refractivity contribution in [2.75, 3.05) is 32.0 Å². The van der Waals surface area contributed by atoms with Crippen molar-refractivity contribution in [2.24, 2.45) is 0 Å². The molecule has 0 spiro atoms. The number of likely N-dealkylation sites (tertiary alicyclic amines) is 1. The summed E-state index contributed by atoms with van der Waals surface area (Å²) in [5.74, 6) is -0.368. The third-order valence-electron chi connectivity index (χ3n) is 4.54. The highest BCUT2D eigenvalue weighted by Crippen LogP contribution is 2.33. The van der Waals surface area contributed by atoms with Gasteiger partial charge in [-0.25, -0.2) is 9.67 Å². The Kier molecular flexibility index (Phi) is 7.39. The number of piperidine rings is 1. The fourth-order valence-corrected chi connectivity index (χ4v) is 3.17. The van der Waals surface area contributed by atoms with Crippen LogP contribution >= 0.6 is 12.4 Å². The first-order valence-electron chi connectivity index (χ1n) is 8.62. The van der Waals surface area contributed by atoms with Crippen molar-refractivity contribution in [3.8, 4) is 5.69 Å². The van der Waals surface area contributed by atoms with Crippen molar-refractivity contribution in [1.29, 1.82) is 0 Å². The van der Waals surface area contributed by atoms with Crippen LogP contribution in [0.5, 0.6) is 0 Å². The maximum Gasteiger partial charge on any atom is 0.416 e. The lowest BCUT2D eigenvalue weighted by Crippen LogP contribution is -2.46. The molecule has 1 aromatic heterocycles. The van der Waals surface area contributed by atoms with Crippen LogP contribution in [0.4, 0.5) is 18.9 Å². The molecule has 1 aliphatic rings. The quantitative estimate of drug-likeness (QED) is 0.779. The highest BCUT2D eigenvalue weighted by Gasteiger charge is 2.31. The van der Waals surface area contributed by atoms with Gasteiger partial charge in [0.25, 0.3) is 0 Å². The summed E-state index contributed by atoms with van der Waals surface area (Å²) in [4.78, 5) is 18.3. The molecule has 11 heteroatoms. The minimum Gasteiger partial charge on any atom is -0.323 e. The van der Waals surface area contributed by atoms with Crippen LogP contribution in [0.2, 0.25) is 0 Å². The number of benzene rings is 1. The molecule has 2 heterocycles. The predicted octanol–water partition coefficient (Wildman–Crippen LogP) is 2.33. The fourth-order valence-electron chi connectivity index (χ4n) is 3.17. The molecule has 0 bridgehead atoms. The number of amides is 1. The highest BCUT2D eigenvalue weighted by atomic mass is 35.5. The lowest BCUT2D eigenvalue weighted by molar-refractivity contribution is -0.137. The van der Waals surface area contributed by atoms with E-state index in [0.29, 0.717) is 11.7 Å². The predicted molar refractivity (Wildman–Crippen MR) is 101 cm³/mol. The van der Waals surface area contributed by atoms with Gasteiger partial charge in [0, 0.05) is 12.6 Å². The molecule has 28 heavy (non-hydrogen) atoms. The lowest BCUT2D eigenvalue weighted by atomic mass is 10.1. The van der Waals surface area contributed by atoms with Crippen LogP contribution in [0.25, 0.3) is 5.69 Å². The van der Waals surface area contributed by atoms with Crippen molar-refractivity contribution < 1.29 is 18.0 Å². The van der Waals surface area contributed by atoms with E-state index in [2.05, 4.69) is 20.7 Å². The average Bonchev–Trinajstić information content (AvgIpc) is 3.15. The Labute approximate surface area is 166 Å². The Balaban J connectivity index is 0.00000280. The molecule has 1 atom stereocenters. The molecule has 2 N–H and O–H groups in total. The first kappa shape index (κ1) is 22.1. The summed E-state index contributed by atoms with van der Waals surface area (Å²) in [6.07, 6.45) is 0.133. The van der Waals surface area contributed by atoms with Gasteiger partial charge in [-0.3, -0.25) is 9.69 Å². The van der Waals surface area contributed by atoms with Crippen LogP contribution in [0.3, 0.4) is 0 Å². The number of carbonyl (C=O) groups excluding carboxylic acids is 1. The Bertz CT molecular complexity index is 784. The Morgan fingerprint density at radius 3 is 2.79 bits per heavy atom. The molecule has 0 saturated carbocycles. The Hall–Kier alpha value is -2.17. The van der Waals surface area contributed by atoms with Gasteiger partial charge in [0.2, 0.25) is 5.91 Å². The van der Waals surface area contributed by atoms with E-state index >= 15 is 0 Å². The second-order valence-corrected chi connectivity index (χ2v) is 6.48. The fraction of sp³-hybridized carbons (Fsp3) is 0.471. The minimum absolute atomic E-state index is 0. The van der Waals surface area contributed by atoms with Gasteiger partial charge < -0.3 is 10.6 Å². The molecular formula is C17H22ClF3N6O. The van der Waals surface area contributed by atoms with E-state index in [0.717, 1.165) is 38.1 Å². The van der Waals surface area contributed by atoms with Crippen molar-refractivity contribution in [2.45, 2.75) is 25.1 Å². The standard InChI is InChI=1S/C17H21F3N6O.ClH/c1-21-13-3-2-6-25(8-13)9-16(27)24-14-7-12(17(18,19)20)4-5-15(14)26-11-22-10-23-26;/h4-5,7,10-11,13,21H,2-3,6,8-9H2,1H3,(H,24,27);1H. The molecule has 3 rings (SSSR count). The summed E-state index contributed by atoms with van der Waals surface area (Å²) >= 11 is 0. The van der Waals surface area contributed by atoms with Crippen LogP contribution in [0.1, 0.15) is 18.4 Å². The number of hydrogen-bond acceptors (Lipinski definition) is 5. The number of carbonyl (C=O) groups is 1. The van der Waals surface area contributed by atoms with Crippen molar-refractivity contribution in [1.82, 2.24) is 25.0 Å². The van der Waals surface area contributed by atoms with Crippen molar-refractivity contribution >= 4 is 24.0 Å². The van der Waals surface area contributed by atoms with Crippen molar-refractivity contribution in [3.63, 3.8) is 0 Å². The zero-order valence-corrected chi connectivity index (χ0v) is 16.1. The molecule has 0 aliphatic carbocycles. The van der Waals surface area contributed by atoms with Gasteiger partial charge in [0.1, 0.15) is 12.7 Å². The van der Waals surface area contributed by atoms with Gasteiger partial charge in [-0.15, -0.1) is 12.4 Å². The van der Waals surface area contributed by atoms with Crippen LogP contribution in [0.15, 0.2) is 30.9 Å². The molecule has 1 fully saturated rings. The Morgan fingerprint density at radius 1 is 1.36 bits per heavy atom. The highest BCUT2D eigenvalue weighted by molar-refractivity contribution is 5.94. The van der Waals surface area contributed by atoms with E-state index in [9.17, 15) is 18.0 Å². The van der Waals surface area contributed by atoms with E-state index < -0.39 is 11.7 Å². The van der Waals surface area contributed by atoms with Gasteiger partial charge in [-0.05, 0) is 44.6 Å². The molecule has 2 aromatic rings. The number of anilines is 1. The maximum absolute atomic E-state index is 13.1. The molecule has 1 aromatic carbocycles. The zero-order valence-electron chi connectivity index (χ0n) is 15.2. The molecule has 1 aliphatic heterocycles. The SMILES string of the molecule is CNC1CCCN(CC(=O)Nc2cc(C(F)(F)F)ccc2-n2cncn2)C1.Cl. The maximum atomic E-state index is 13.1. The first-order valence-corrected chi connectivity index (χ1v) is 8.62. The second-order valence-electron chi connectivity index (χ2n) is 6.48. The molecule has 154 valence electrons. The normalized spacial score (nSPS) is 17.8. The van der Waals surface area contributed by atoms with E-state index in [1.807, 2.05) is 11.9 Å². The molecule has 1 saturated heterocycles. The second kappa shape index (κ2) is 9.35. The lowest BCUT2D eigenvalue weighted by Gasteiger charge is -2.32. The average molecular weight is 419 g/mol. The number of likely N-dealkylation sites (N-methyl/N-ethyl adjacent to an activating group) is 1. The van der Waals surface area contributed by atoms with E-state index in [4.69, 9.17) is 0 Å². The summed E-state index contributed by atoms with van der Waals surface area (Å²) in [7, 11) is 1.88. The van der Waals surface area contributed by atoms with Crippen LogP contribution in [-0.4, -0.2) is 58.3 Å². The van der Waals surface area contributed by atoms with E-state index in [1.54, 1.807) is 0 Å². The molecule has 1 unspecified atom stereocenters. The van der Waals surface area contributed by atoms with Gasteiger partial charge in [0.15, 0.2) is 0 Å². The van der Waals surface area contributed by atoms with Crippen LogP contribution in [0, 0.1) is 0 Å². The summed E-state index contributed by atoms with van der Waals surface area (Å²) in [5, 5.41) is 9.73. The monoisotopic (exact) mass is 418 g/mol. The number of nitrogens with one attached hydrogen (secondary N) is 2. The summed E-state index contributed by atoms with van der Waals surface area (Å²) < 4.78 is 40.5. The number of halogens is 4. The topological polar surface area (TPSA) is 75.1 Å². The van der Waals surface area contributed by atoms with Crippen LogP contribution in [-0.2, 0) is 11.0 Å². The third-order valence-corrected chi connectivity index (χ3v) is 4.54.